The van der Waals surface area contributed by atoms with Gasteiger partial charge in [0.2, 0.25) is 0 Å². The SMILES string of the molecule is Cc1cc(OCCOCCN2CCN(C)CC2)ccc1Cl. The van der Waals surface area contributed by atoms with Gasteiger partial charge in [-0.3, -0.25) is 4.90 Å². The van der Waals surface area contributed by atoms with Gasteiger partial charge in [-0.15, -0.1) is 0 Å². The van der Waals surface area contributed by atoms with Crippen molar-refractivity contribution in [1.29, 1.82) is 0 Å². The summed E-state index contributed by atoms with van der Waals surface area (Å²) in [6, 6.07) is 5.70. The molecule has 1 aliphatic rings. The van der Waals surface area contributed by atoms with Crippen molar-refractivity contribution < 1.29 is 9.47 Å². The van der Waals surface area contributed by atoms with Crippen LogP contribution in [0.25, 0.3) is 0 Å². The van der Waals surface area contributed by atoms with Gasteiger partial charge in [0.05, 0.1) is 13.2 Å². The summed E-state index contributed by atoms with van der Waals surface area (Å²) in [6.07, 6.45) is 0. The standard InChI is InChI=1S/C16H25ClN2O2/c1-14-13-15(3-4-16(14)17)21-12-11-20-10-9-19-7-5-18(2)6-8-19/h3-4,13H,5-12H2,1-2H3. The largest absolute Gasteiger partial charge is 0.491 e. The van der Waals surface area contributed by atoms with Crippen molar-refractivity contribution in [2.45, 2.75) is 6.92 Å². The van der Waals surface area contributed by atoms with E-state index in [0.29, 0.717) is 13.2 Å². The molecule has 5 heteroatoms. The molecule has 21 heavy (non-hydrogen) atoms. The van der Waals surface area contributed by atoms with Gasteiger partial charge in [-0.25, -0.2) is 0 Å². The first-order valence-electron chi connectivity index (χ1n) is 7.53. The number of ether oxygens (including phenoxy) is 2. The van der Waals surface area contributed by atoms with Crippen molar-refractivity contribution in [3.63, 3.8) is 0 Å². The molecule has 0 atom stereocenters. The summed E-state index contributed by atoms with van der Waals surface area (Å²) in [4.78, 5) is 4.81. The molecule has 1 aromatic rings. The Morgan fingerprint density at radius 3 is 2.57 bits per heavy atom. The summed E-state index contributed by atoms with van der Waals surface area (Å²) >= 11 is 5.98. The van der Waals surface area contributed by atoms with Crippen molar-refractivity contribution in [1.82, 2.24) is 9.80 Å². The topological polar surface area (TPSA) is 24.9 Å². The lowest BCUT2D eigenvalue weighted by molar-refractivity contribution is 0.0658. The number of hydrogen-bond acceptors (Lipinski definition) is 4. The molecule has 1 fully saturated rings. The van der Waals surface area contributed by atoms with E-state index in [1.165, 1.54) is 0 Å². The third-order valence-electron chi connectivity index (χ3n) is 3.77. The molecule has 0 N–H and O–H groups in total. The monoisotopic (exact) mass is 312 g/mol. The van der Waals surface area contributed by atoms with Crippen LogP contribution in [0.15, 0.2) is 18.2 Å². The minimum Gasteiger partial charge on any atom is -0.491 e. The fraction of sp³-hybridized carbons (Fsp3) is 0.625. The van der Waals surface area contributed by atoms with Gasteiger partial charge in [-0.2, -0.15) is 0 Å². The highest BCUT2D eigenvalue weighted by atomic mass is 35.5. The average molecular weight is 313 g/mol. The van der Waals surface area contributed by atoms with E-state index in [-0.39, 0.29) is 0 Å². The first-order valence-corrected chi connectivity index (χ1v) is 7.90. The van der Waals surface area contributed by atoms with Crippen molar-refractivity contribution >= 4 is 11.6 Å². The van der Waals surface area contributed by atoms with Crippen LogP contribution < -0.4 is 4.74 Å². The second-order valence-corrected chi connectivity index (χ2v) is 5.92. The van der Waals surface area contributed by atoms with Gasteiger partial charge in [-0.1, -0.05) is 11.6 Å². The molecule has 118 valence electrons. The van der Waals surface area contributed by atoms with E-state index in [9.17, 15) is 0 Å². The van der Waals surface area contributed by atoms with Crippen LogP contribution in [0.3, 0.4) is 0 Å². The van der Waals surface area contributed by atoms with Gasteiger partial charge in [0, 0.05) is 37.7 Å². The van der Waals surface area contributed by atoms with Crippen LogP contribution in [0.1, 0.15) is 5.56 Å². The molecule has 0 spiro atoms. The Hall–Kier alpha value is -0.810. The second kappa shape index (κ2) is 8.59. The summed E-state index contributed by atoms with van der Waals surface area (Å²) in [5.41, 5.74) is 1.03. The quantitative estimate of drug-likeness (QED) is 0.721. The Morgan fingerprint density at radius 2 is 1.86 bits per heavy atom. The van der Waals surface area contributed by atoms with Crippen molar-refractivity contribution in [2.24, 2.45) is 0 Å². The van der Waals surface area contributed by atoms with Crippen molar-refractivity contribution in [2.75, 3.05) is 59.6 Å². The van der Waals surface area contributed by atoms with E-state index in [1.807, 2.05) is 25.1 Å². The van der Waals surface area contributed by atoms with Gasteiger partial charge in [-0.05, 0) is 37.7 Å². The zero-order valence-corrected chi connectivity index (χ0v) is 13.7. The summed E-state index contributed by atoms with van der Waals surface area (Å²) in [5, 5.41) is 0.769. The number of halogens is 1. The molecule has 0 bridgehead atoms. The highest BCUT2D eigenvalue weighted by Gasteiger charge is 2.12. The lowest BCUT2D eigenvalue weighted by atomic mass is 10.2. The minimum absolute atomic E-state index is 0.573. The van der Waals surface area contributed by atoms with Gasteiger partial charge >= 0.3 is 0 Å². The lowest BCUT2D eigenvalue weighted by Crippen LogP contribution is -2.45. The zero-order chi connectivity index (χ0) is 15.1. The Bertz CT molecular complexity index is 434. The van der Waals surface area contributed by atoms with Crippen molar-refractivity contribution in [3.05, 3.63) is 28.8 Å². The van der Waals surface area contributed by atoms with E-state index in [0.717, 1.165) is 55.7 Å². The van der Waals surface area contributed by atoms with Crippen LogP contribution in [0.4, 0.5) is 0 Å². The molecule has 0 aliphatic carbocycles. The van der Waals surface area contributed by atoms with E-state index in [1.54, 1.807) is 0 Å². The highest BCUT2D eigenvalue weighted by molar-refractivity contribution is 6.31. The van der Waals surface area contributed by atoms with Gasteiger partial charge in [0.15, 0.2) is 0 Å². The second-order valence-electron chi connectivity index (χ2n) is 5.52. The number of aryl methyl sites for hydroxylation is 1. The van der Waals surface area contributed by atoms with Crippen LogP contribution >= 0.6 is 11.6 Å². The molecule has 1 saturated heterocycles. The summed E-state index contributed by atoms with van der Waals surface area (Å²) < 4.78 is 11.3. The summed E-state index contributed by atoms with van der Waals surface area (Å²) in [6.45, 7) is 9.53. The van der Waals surface area contributed by atoms with E-state index in [2.05, 4.69) is 16.8 Å². The number of benzene rings is 1. The maximum Gasteiger partial charge on any atom is 0.119 e. The number of likely N-dealkylation sites (N-methyl/N-ethyl adjacent to an activating group) is 1. The number of piperazine rings is 1. The smallest absolute Gasteiger partial charge is 0.119 e. The Balaban J connectivity index is 1.53. The predicted molar refractivity (Wildman–Crippen MR) is 86.4 cm³/mol. The molecule has 0 saturated carbocycles. The van der Waals surface area contributed by atoms with E-state index >= 15 is 0 Å². The Kier molecular flexibility index (Phi) is 6.77. The molecular formula is C16H25ClN2O2. The predicted octanol–water partition coefficient (Wildman–Crippen LogP) is 2.29. The van der Waals surface area contributed by atoms with Crippen LogP contribution in [-0.2, 0) is 4.74 Å². The van der Waals surface area contributed by atoms with E-state index < -0.39 is 0 Å². The molecule has 4 nitrogen and oxygen atoms in total. The maximum atomic E-state index is 5.98. The average Bonchev–Trinajstić information content (AvgIpc) is 2.48. The number of hydrogen-bond donors (Lipinski definition) is 0. The first-order chi connectivity index (χ1) is 10.1. The molecule has 0 amide bonds. The third-order valence-corrected chi connectivity index (χ3v) is 4.20. The van der Waals surface area contributed by atoms with Crippen LogP contribution in [0.2, 0.25) is 5.02 Å². The number of nitrogens with zero attached hydrogens (tertiary/aromatic N) is 2. The molecule has 0 unspecified atom stereocenters. The Morgan fingerprint density at radius 1 is 1.10 bits per heavy atom. The minimum atomic E-state index is 0.573. The first kappa shape index (κ1) is 16.6. The Labute approximate surface area is 132 Å². The summed E-state index contributed by atoms with van der Waals surface area (Å²) in [7, 11) is 2.17. The fourth-order valence-electron chi connectivity index (χ4n) is 2.29. The fourth-order valence-corrected chi connectivity index (χ4v) is 2.41. The molecule has 1 aliphatic heterocycles. The van der Waals surface area contributed by atoms with Crippen molar-refractivity contribution in [3.8, 4) is 5.75 Å². The summed E-state index contributed by atoms with van der Waals surface area (Å²) in [5.74, 6) is 0.847. The van der Waals surface area contributed by atoms with Crippen LogP contribution in [-0.4, -0.2) is 69.4 Å². The molecule has 2 rings (SSSR count). The molecule has 0 radical (unpaired) electrons. The maximum absolute atomic E-state index is 5.98. The van der Waals surface area contributed by atoms with Gasteiger partial charge in [0.25, 0.3) is 0 Å². The molecular weight excluding hydrogens is 288 g/mol. The van der Waals surface area contributed by atoms with Gasteiger partial charge < -0.3 is 14.4 Å². The normalized spacial score (nSPS) is 17.1. The molecule has 0 aromatic heterocycles. The van der Waals surface area contributed by atoms with Crippen LogP contribution in [0.5, 0.6) is 5.75 Å². The third kappa shape index (κ3) is 5.83. The number of rotatable bonds is 7. The van der Waals surface area contributed by atoms with Crippen LogP contribution in [0, 0.1) is 6.92 Å². The lowest BCUT2D eigenvalue weighted by Gasteiger charge is -2.32. The van der Waals surface area contributed by atoms with Gasteiger partial charge in [0.1, 0.15) is 12.4 Å². The molecule has 1 aromatic carbocycles. The molecule has 1 heterocycles. The zero-order valence-electron chi connectivity index (χ0n) is 13.0. The highest BCUT2D eigenvalue weighted by Crippen LogP contribution is 2.20. The van der Waals surface area contributed by atoms with E-state index in [4.69, 9.17) is 21.1 Å².